The van der Waals surface area contributed by atoms with Crippen molar-refractivity contribution in [3.63, 3.8) is 0 Å². The molecule has 0 bridgehead atoms. The SMILES string of the molecule is CC[N]Cc1ccc(Br)cc1. The summed E-state index contributed by atoms with van der Waals surface area (Å²) in [5.74, 6) is 0. The maximum absolute atomic E-state index is 4.26. The van der Waals surface area contributed by atoms with Crippen LogP contribution in [0.1, 0.15) is 12.5 Å². The first-order valence-electron chi connectivity index (χ1n) is 3.70. The Bertz CT molecular complexity index is 205. The third-order valence-corrected chi connectivity index (χ3v) is 1.96. The van der Waals surface area contributed by atoms with E-state index >= 15 is 0 Å². The van der Waals surface area contributed by atoms with Crippen molar-refractivity contribution < 1.29 is 0 Å². The summed E-state index contributed by atoms with van der Waals surface area (Å²) < 4.78 is 1.12. The number of halogens is 1. The molecule has 0 saturated heterocycles. The summed E-state index contributed by atoms with van der Waals surface area (Å²) in [6.45, 7) is 3.79. The molecule has 59 valence electrons. The van der Waals surface area contributed by atoms with Crippen LogP contribution in [0, 0.1) is 0 Å². The predicted molar refractivity (Wildman–Crippen MR) is 50.5 cm³/mol. The van der Waals surface area contributed by atoms with Crippen LogP contribution in [0.2, 0.25) is 0 Å². The minimum absolute atomic E-state index is 0.837. The number of hydrogen-bond acceptors (Lipinski definition) is 0. The summed E-state index contributed by atoms with van der Waals surface area (Å²) in [5, 5.41) is 4.26. The van der Waals surface area contributed by atoms with Crippen molar-refractivity contribution in [2.45, 2.75) is 13.5 Å². The van der Waals surface area contributed by atoms with Gasteiger partial charge in [0.1, 0.15) is 0 Å². The zero-order chi connectivity index (χ0) is 8.10. The molecule has 0 aliphatic heterocycles. The highest BCUT2D eigenvalue weighted by Crippen LogP contribution is 2.10. The Morgan fingerprint density at radius 2 is 1.91 bits per heavy atom. The molecule has 0 N–H and O–H groups in total. The van der Waals surface area contributed by atoms with Gasteiger partial charge in [0.25, 0.3) is 0 Å². The second-order valence-corrected chi connectivity index (χ2v) is 3.24. The van der Waals surface area contributed by atoms with Crippen LogP contribution in [0.3, 0.4) is 0 Å². The lowest BCUT2D eigenvalue weighted by Gasteiger charge is -1.98. The molecule has 0 aliphatic rings. The Morgan fingerprint density at radius 3 is 2.45 bits per heavy atom. The molecule has 0 aliphatic carbocycles. The van der Waals surface area contributed by atoms with Crippen molar-refractivity contribution in [1.82, 2.24) is 5.32 Å². The highest BCUT2D eigenvalue weighted by Gasteiger charge is 1.90. The first kappa shape index (κ1) is 8.75. The van der Waals surface area contributed by atoms with Gasteiger partial charge in [-0.25, -0.2) is 5.32 Å². The van der Waals surface area contributed by atoms with Crippen LogP contribution in [-0.2, 0) is 6.54 Å². The van der Waals surface area contributed by atoms with Gasteiger partial charge in [-0.15, -0.1) is 0 Å². The van der Waals surface area contributed by atoms with Crippen LogP contribution in [0.15, 0.2) is 28.7 Å². The molecule has 0 saturated carbocycles. The van der Waals surface area contributed by atoms with Gasteiger partial charge in [-0.1, -0.05) is 35.0 Å². The Balaban J connectivity index is 2.52. The van der Waals surface area contributed by atoms with E-state index in [1.807, 2.05) is 12.1 Å². The van der Waals surface area contributed by atoms with Crippen molar-refractivity contribution in [3.05, 3.63) is 34.3 Å². The summed E-state index contributed by atoms with van der Waals surface area (Å²) in [7, 11) is 0. The van der Waals surface area contributed by atoms with Crippen LogP contribution in [0.5, 0.6) is 0 Å². The minimum atomic E-state index is 0.837. The van der Waals surface area contributed by atoms with E-state index in [4.69, 9.17) is 0 Å². The maximum Gasteiger partial charge on any atom is 0.0384 e. The molecule has 0 aromatic heterocycles. The average molecular weight is 213 g/mol. The van der Waals surface area contributed by atoms with Crippen molar-refractivity contribution in [2.24, 2.45) is 0 Å². The summed E-state index contributed by atoms with van der Waals surface area (Å²) in [6, 6.07) is 8.26. The van der Waals surface area contributed by atoms with Crippen molar-refractivity contribution >= 4 is 15.9 Å². The standard InChI is InChI=1S/C9H11BrN/c1-2-11-7-8-3-5-9(10)6-4-8/h3-6H,2,7H2,1H3. The van der Waals surface area contributed by atoms with E-state index in [1.54, 1.807) is 0 Å². The molecule has 2 heteroatoms. The zero-order valence-electron chi connectivity index (χ0n) is 6.55. The van der Waals surface area contributed by atoms with Gasteiger partial charge in [0.2, 0.25) is 0 Å². The zero-order valence-corrected chi connectivity index (χ0v) is 8.13. The molecular weight excluding hydrogens is 202 g/mol. The maximum atomic E-state index is 4.26. The van der Waals surface area contributed by atoms with E-state index in [0.29, 0.717) is 0 Å². The molecule has 11 heavy (non-hydrogen) atoms. The van der Waals surface area contributed by atoms with E-state index in [-0.39, 0.29) is 0 Å². The highest BCUT2D eigenvalue weighted by atomic mass is 79.9. The number of nitrogens with zero attached hydrogens (tertiary/aromatic N) is 1. The summed E-state index contributed by atoms with van der Waals surface area (Å²) in [5.41, 5.74) is 1.27. The fraction of sp³-hybridized carbons (Fsp3) is 0.333. The van der Waals surface area contributed by atoms with E-state index in [0.717, 1.165) is 17.6 Å². The molecule has 1 aromatic rings. The fourth-order valence-electron chi connectivity index (χ4n) is 0.831. The fourth-order valence-corrected chi connectivity index (χ4v) is 1.10. The third-order valence-electron chi connectivity index (χ3n) is 1.43. The molecule has 0 spiro atoms. The molecule has 1 radical (unpaired) electrons. The van der Waals surface area contributed by atoms with Gasteiger partial charge in [0.05, 0.1) is 0 Å². The topological polar surface area (TPSA) is 14.1 Å². The Labute approximate surface area is 75.9 Å². The van der Waals surface area contributed by atoms with Crippen LogP contribution in [-0.4, -0.2) is 6.54 Å². The molecule has 1 nitrogen and oxygen atoms in total. The van der Waals surface area contributed by atoms with Crippen LogP contribution < -0.4 is 5.32 Å². The Morgan fingerprint density at radius 1 is 1.27 bits per heavy atom. The second kappa shape index (κ2) is 4.52. The number of hydrogen-bond donors (Lipinski definition) is 0. The van der Waals surface area contributed by atoms with Crippen molar-refractivity contribution in [1.29, 1.82) is 0 Å². The average Bonchev–Trinajstić information content (AvgIpc) is 2.04. The van der Waals surface area contributed by atoms with E-state index in [1.165, 1.54) is 5.56 Å². The van der Waals surface area contributed by atoms with Gasteiger partial charge in [0.15, 0.2) is 0 Å². The first-order valence-corrected chi connectivity index (χ1v) is 4.50. The van der Waals surface area contributed by atoms with Gasteiger partial charge in [-0.2, -0.15) is 0 Å². The molecule has 0 amide bonds. The summed E-state index contributed by atoms with van der Waals surface area (Å²) >= 11 is 3.38. The van der Waals surface area contributed by atoms with Crippen molar-refractivity contribution in [2.75, 3.05) is 6.54 Å². The van der Waals surface area contributed by atoms with E-state index < -0.39 is 0 Å². The second-order valence-electron chi connectivity index (χ2n) is 2.32. The summed E-state index contributed by atoms with van der Waals surface area (Å²) in [6.07, 6.45) is 0. The molecule has 0 atom stereocenters. The van der Waals surface area contributed by atoms with Crippen LogP contribution in [0.25, 0.3) is 0 Å². The lowest BCUT2D eigenvalue weighted by Crippen LogP contribution is -2.02. The third kappa shape index (κ3) is 3.04. The van der Waals surface area contributed by atoms with E-state index in [9.17, 15) is 0 Å². The van der Waals surface area contributed by atoms with Gasteiger partial charge in [-0.3, -0.25) is 0 Å². The highest BCUT2D eigenvalue weighted by molar-refractivity contribution is 9.10. The molecule has 0 heterocycles. The largest absolute Gasteiger partial charge is 0.237 e. The van der Waals surface area contributed by atoms with Gasteiger partial charge in [-0.05, 0) is 17.7 Å². The first-order chi connectivity index (χ1) is 5.33. The lowest BCUT2D eigenvalue weighted by molar-refractivity contribution is 0.710. The predicted octanol–water partition coefficient (Wildman–Crippen LogP) is 2.57. The molecular formula is C9H11BrN. The summed E-state index contributed by atoms with van der Waals surface area (Å²) in [4.78, 5) is 0. The van der Waals surface area contributed by atoms with Gasteiger partial charge < -0.3 is 0 Å². The lowest BCUT2D eigenvalue weighted by atomic mass is 10.2. The normalized spacial score (nSPS) is 10.0. The monoisotopic (exact) mass is 212 g/mol. The van der Waals surface area contributed by atoms with Gasteiger partial charge in [0, 0.05) is 17.6 Å². The molecule has 0 unspecified atom stereocenters. The van der Waals surface area contributed by atoms with Crippen molar-refractivity contribution in [3.8, 4) is 0 Å². The smallest absolute Gasteiger partial charge is 0.0384 e. The van der Waals surface area contributed by atoms with Crippen LogP contribution in [0.4, 0.5) is 0 Å². The van der Waals surface area contributed by atoms with Gasteiger partial charge >= 0.3 is 0 Å². The molecule has 1 aromatic carbocycles. The van der Waals surface area contributed by atoms with Crippen LogP contribution >= 0.6 is 15.9 Å². The Hall–Kier alpha value is -0.340. The molecule has 1 rings (SSSR count). The Kier molecular flexibility index (Phi) is 3.60. The minimum Gasteiger partial charge on any atom is -0.237 e. The van der Waals surface area contributed by atoms with E-state index in [2.05, 4.69) is 40.3 Å². The number of rotatable bonds is 3. The number of benzene rings is 1. The quantitative estimate of drug-likeness (QED) is 0.732. The molecule has 0 fully saturated rings.